The van der Waals surface area contributed by atoms with Gasteiger partial charge in [0.05, 0.1) is 32.3 Å². The highest BCUT2D eigenvalue weighted by atomic mass is 35.5. The average Bonchev–Trinajstić information content (AvgIpc) is 1.68. The molecule has 640 valence electrons. The number of carbonyl (C=O) groups excluding carboxylic acids is 6. The van der Waals surface area contributed by atoms with Gasteiger partial charge in [0.1, 0.15) is 70.7 Å². The van der Waals surface area contributed by atoms with Crippen LogP contribution in [0.4, 0.5) is 27.2 Å². The molecule has 10 fully saturated rings. The number of nitrogens with two attached hydrogens (primary N) is 1. The van der Waals surface area contributed by atoms with E-state index < -0.39 is 53.0 Å². The first-order chi connectivity index (χ1) is 54.9. The minimum Gasteiger partial charge on any atom is -0.484 e. The predicted octanol–water partition coefficient (Wildman–Crippen LogP) is 12.5. The van der Waals surface area contributed by atoms with Crippen molar-refractivity contribution in [2.24, 2.45) is 53.1 Å². The molecule has 4 aromatic rings. The lowest BCUT2D eigenvalue weighted by atomic mass is 9.96. The van der Waals surface area contributed by atoms with Gasteiger partial charge in [0.15, 0.2) is 26.4 Å². The zero-order valence-corrected chi connectivity index (χ0v) is 69.2. The molecule has 0 aromatic heterocycles. The van der Waals surface area contributed by atoms with Crippen molar-refractivity contribution in [3.05, 3.63) is 116 Å². The summed E-state index contributed by atoms with van der Waals surface area (Å²) in [6.45, 7) is 16.9. The van der Waals surface area contributed by atoms with Crippen LogP contribution in [0.25, 0.3) is 0 Å². The number of nitrogens with zero attached hydrogens (tertiary/aromatic N) is 3. The van der Waals surface area contributed by atoms with Crippen LogP contribution in [0.3, 0.4) is 0 Å². The van der Waals surface area contributed by atoms with Crippen LogP contribution in [-0.2, 0) is 47.7 Å². The van der Waals surface area contributed by atoms with E-state index >= 15 is 0 Å². The Morgan fingerprint density at radius 1 is 0.422 bits per heavy atom. The summed E-state index contributed by atoms with van der Waals surface area (Å²) in [7, 11) is 0. The smallest absolute Gasteiger partial charge is 0.410 e. The Morgan fingerprint density at radius 3 is 0.991 bits per heavy atom. The van der Waals surface area contributed by atoms with Gasteiger partial charge in [-0.1, -0.05) is 46.4 Å². The van der Waals surface area contributed by atoms with Gasteiger partial charge >= 0.3 is 24.1 Å². The Labute approximate surface area is 693 Å². The standard InChI is InChI=1S/C21H26ClFN2O4.C20H26ClFN2O4.C15H18ClFN2O2.C12H22N2O2.C8H6ClFO3.C6H10O3/c22-18-5-4-17(8-19(18)23)28-11-20(26)24-15-6-13-9-25(10-14(13)7-15)21(27)12-29-16-2-1-3-16;1-20(2,3)28-19(26)24-9-12-6-14(7-13(12)10-24)23-18(25)11-27-15-4-5-16(21)17(22)8-15;16-13-2-1-12(5-14(13)17)21-8-15(20)19-11-3-9-6-18-7-10(9)4-11;1-12(2,3)16-11(15)14-6-8-4-10(13)5-9(8)7-14;9-6-2-1-5(3-7(6)10)13-4-8(11)12;7-6(8)4-9-5-2-1-3-5/h4-5,8,13-16H,1-3,6-7,9-12H2,(H,24,26);4-5,8,12-14H,6-7,9-11H2,1-3H3,(H,23,25);1-2,5,9-11,18H,3-4,6-8H2,(H,19,20);8-10H,4-7,13H2,1-3H3;1-3H,4H2,(H,11,12);5H,1-4H2,(H,7,8)/t13-,14+,15?;12-,13+,14?;9-,10+,11?;8-,9+,10?;;. The third-order valence-electron chi connectivity index (χ3n) is 21.7. The number of hydrogen-bond donors (Lipinski definition) is 7. The van der Waals surface area contributed by atoms with E-state index in [0.29, 0.717) is 72.2 Å². The molecule has 0 bridgehead atoms. The lowest BCUT2D eigenvalue weighted by molar-refractivity contribution is -0.146. The van der Waals surface area contributed by atoms with E-state index in [1.807, 2.05) is 51.3 Å². The number of carboxylic acids is 2. The van der Waals surface area contributed by atoms with E-state index in [4.69, 9.17) is 100 Å². The maximum Gasteiger partial charge on any atom is 0.410 e. The van der Waals surface area contributed by atoms with Crippen molar-refractivity contribution in [3.63, 3.8) is 0 Å². The maximum atomic E-state index is 13.4. The first-order valence-corrected chi connectivity index (χ1v) is 41.0. The van der Waals surface area contributed by atoms with Crippen LogP contribution < -0.4 is 45.9 Å². The number of benzene rings is 4. The molecule has 12 atom stereocenters. The second-order valence-electron chi connectivity index (χ2n) is 33.2. The Kier molecular flexibility index (Phi) is 34.3. The zero-order chi connectivity index (χ0) is 84.1. The monoisotopic (exact) mass is 1710 g/mol. The van der Waals surface area contributed by atoms with Crippen LogP contribution >= 0.6 is 46.4 Å². The molecular weight excluding hydrogens is 1600 g/mol. The highest BCUT2D eigenvalue weighted by molar-refractivity contribution is 6.31. The summed E-state index contributed by atoms with van der Waals surface area (Å²) >= 11 is 22.2. The number of nitrogens with one attached hydrogen (secondary N) is 4. The molecule has 4 aromatic carbocycles. The largest absolute Gasteiger partial charge is 0.484 e. The second-order valence-corrected chi connectivity index (χ2v) is 34.8. The fourth-order valence-corrected chi connectivity index (χ4v) is 16.3. The number of fused-ring (bicyclic) bond motifs is 4. The molecule has 116 heavy (non-hydrogen) atoms. The Balaban J connectivity index is 0.000000165. The SMILES string of the molecule is CC(C)(C)OC(=O)N1C[C@H]2CC(N)C[C@H]2C1.CC(C)(C)OC(=O)N1C[C@H]2CC(NC(=O)COc3ccc(Cl)c(F)c3)C[C@H]2C1.O=C(COc1ccc(Cl)c(F)c1)NC1C[C@@H]2CN(C(=O)COC3CCC3)C[C@@H]2C1.O=C(COc1ccc(Cl)c(F)c1)NC1C[C@H]2CNC[C@H]2C1.O=C(O)COC1CCC1.O=C(O)COc1ccc(Cl)c(F)c1. The van der Waals surface area contributed by atoms with E-state index in [2.05, 4.69) is 21.3 Å². The van der Waals surface area contributed by atoms with E-state index in [9.17, 15) is 55.9 Å². The minimum absolute atomic E-state index is 0.00900. The van der Waals surface area contributed by atoms with Crippen LogP contribution in [0.2, 0.25) is 20.1 Å². The van der Waals surface area contributed by atoms with Gasteiger partial charge in [-0.15, -0.1) is 0 Å². The quantitative estimate of drug-likeness (QED) is 0.0381. The molecule has 6 amide bonds. The fraction of sp³-hybridized carbons (Fsp3) is 0.610. The molecule has 4 saturated heterocycles. The zero-order valence-electron chi connectivity index (χ0n) is 66.2. The summed E-state index contributed by atoms with van der Waals surface area (Å²) in [6, 6.07) is 16.7. The highest BCUT2D eigenvalue weighted by Gasteiger charge is 2.46. The molecule has 14 rings (SSSR count). The van der Waals surface area contributed by atoms with Crippen molar-refractivity contribution in [1.29, 1.82) is 0 Å². The van der Waals surface area contributed by atoms with Crippen LogP contribution in [0.5, 0.6) is 23.0 Å². The molecule has 0 spiro atoms. The summed E-state index contributed by atoms with van der Waals surface area (Å²) in [5.41, 5.74) is 5.01. The summed E-state index contributed by atoms with van der Waals surface area (Å²) < 4.78 is 94.8. The lowest BCUT2D eigenvalue weighted by Crippen LogP contribution is -2.39. The molecule has 34 heteroatoms. The topological polar surface area (TPSA) is 335 Å². The van der Waals surface area contributed by atoms with Crippen LogP contribution in [-0.4, -0.2) is 212 Å². The van der Waals surface area contributed by atoms with Gasteiger partial charge in [-0.3, -0.25) is 19.2 Å². The molecule has 8 N–H and O–H groups in total. The normalized spacial score (nSPS) is 24.6. The third-order valence-corrected chi connectivity index (χ3v) is 22.9. The average molecular weight is 1710 g/mol. The molecular formula is C82H108Cl4F4N8O18. The fourth-order valence-electron chi connectivity index (χ4n) is 15.8. The number of ether oxygens (including phenoxy) is 8. The van der Waals surface area contributed by atoms with Crippen molar-refractivity contribution >= 4 is 94.2 Å². The lowest BCUT2D eigenvalue weighted by Gasteiger charge is -2.26. The van der Waals surface area contributed by atoms with E-state index in [1.165, 1.54) is 61.4 Å². The predicted molar refractivity (Wildman–Crippen MR) is 424 cm³/mol. The van der Waals surface area contributed by atoms with Crippen molar-refractivity contribution in [2.45, 2.75) is 179 Å². The van der Waals surface area contributed by atoms with Crippen molar-refractivity contribution in [3.8, 4) is 23.0 Å². The number of carbonyl (C=O) groups is 8. The molecule has 0 radical (unpaired) electrons. The third kappa shape index (κ3) is 29.9. The number of hydrogen-bond acceptors (Lipinski definition) is 18. The van der Waals surface area contributed by atoms with Crippen LogP contribution in [0.15, 0.2) is 72.8 Å². The number of aliphatic carboxylic acids is 2. The van der Waals surface area contributed by atoms with Gasteiger partial charge in [0.2, 0.25) is 5.91 Å². The number of rotatable bonds is 21. The molecule has 10 aliphatic rings. The number of amides is 6. The summed E-state index contributed by atoms with van der Waals surface area (Å²) in [4.78, 5) is 98.0. The highest BCUT2D eigenvalue weighted by Crippen LogP contribution is 2.42. The molecule has 26 nitrogen and oxygen atoms in total. The van der Waals surface area contributed by atoms with Crippen molar-refractivity contribution in [2.75, 3.05) is 92.0 Å². The Morgan fingerprint density at radius 2 is 0.707 bits per heavy atom. The van der Waals surface area contributed by atoms with Crippen molar-refractivity contribution < 1.29 is 104 Å². The van der Waals surface area contributed by atoms with E-state index in [-0.39, 0.29) is 137 Å². The van der Waals surface area contributed by atoms with Gasteiger partial charge in [-0.2, -0.15) is 0 Å². The van der Waals surface area contributed by atoms with Crippen LogP contribution in [0, 0.1) is 70.6 Å². The van der Waals surface area contributed by atoms with Gasteiger partial charge in [-0.25, -0.2) is 36.7 Å². The van der Waals surface area contributed by atoms with Crippen molar-refractivity contribution in [1.82, 2.24) is 36.0 Å². The first kappa shape index (κ1) is 92.0. The maximum absolute atomic E-state index is 13.4. The van der Waals surface area contributed by atoms with E-state index in [1.54, 1.807) is 11.0 Å². The molecule has 6 saturated carbocycles. The van der Waals surface area contributed by atoms with Gasteiger partial charge in [0.25, 0.3) is 17.7 Å². The number of halogens is 8. The molecule has 6 aliphatic carbocycles. The second kappa shape index (κ2) is 43.2. The Bertz CT molecular complexity index is 3960. The van der Waals surface area contributed by atoms with Gasteiger partial charge in [0, 0.05) is 87.7 Å². The summed E-state index contributed by atoms with van der Waals surface area (Å²) in [6.07, 6.45) is 14.2. The number of carboxylic acid groups (broad SMARTS) is 2. The van der Waals surface area contributed by atoms with E-state index in [0.717, 1.165) is 135 Å². The summed E-state index contributed by atoms with van der Waals surface area (Å²) in [5.74, 6) is 0.201. The first-order valence-electron chi connectivity index (χ1n) is 39.5. The minimum atomic E-state index is -1.12. The Hall–Kier alpha value is -7.84. The van der Waals surface area contributed by atoms with Crippen LogP contribution in [0.1, 0.15) is 131 Å². The van der Waals surface area contributed by atoms with Gasteiger partial charge < -0.3 is 89.8 Å². The molecule has 4 unspecified atom stereocenters. The molecule has 4 aliphatic heterocycles. The van der Waals surface area contributed by atoms with Gasteiger partial charge in [-0.05, 0) is 240 Å². The summed E-state index contributed by atoms with van der Waals surface area (Å²) in [5, 5.41) is 28.8. The number of likely N-dealkylation sites (tertiary alicyclic amines) is 3. The molecule has 4 heterocycles.